The van der Waals surface area contributed by atoms with Crippen LogP contribution in [-0.2, 0) is 27.0 Å². The molecule has 1 aromatic carbocycles. The maximum absolute atomic E-state index is 13.0. The van der Waals surface area contributed by atoms with Gasteiger partial charge in [0, 0.05) is 48.0 Å². The Balaban J connectivity index is 2.00. The van der Waals surface area contributed by atoms with Crippen LogP contribution >= 0.6 is 11.3 Å². The molecule has 1 aliphatic heterocycles. The van der Waals surface area contributed by atoms with Crippen LogP contribution in [0.1, 0.15) is 56.9 Å². The van der Waals surface area contributed by atoms with Gasteiger partial charge in [-0.1, -0.05) is 6.92 Å². The van der Waals surface area contributed by atoms with E-state index in [-0.39, 0.29) is 12.5 Å². The molecule has 1 unspecified atom stereocenters. The van der Waals surface area contributed by atoms with Gasteiger partial charge in [0.2, 0.25) is 0 Å². The number of nitrogens with zero attached hydrogens (tertiary/aromatic N) is 2. The Morgan fingerprint density at radius 3 is 2.40 bits per heavy atom. The van der Waals surface area contributed by atoms with Crippen molar-refractivity contribution >= 4 is 57.7 Å². The van der Waals surface area contributed by atoms with Crippen molar-refractivity contribution in [1.82, 2.24) is 10.3 Å². The summed E-state index contributed by atoms with van der Waals surface area (Å²) in [6, 6.07) is 3.37. The molecule has 1 fully saturated rings. The first-order valence-corrected chi connectivity index (χ1v) is 13.3. The van der Waals surface area contributed by atoms with Crippen LogP contribution in [0, 0.1) is 0 Å². The number of carbonyl (C=O) groups excluding carboxylic acids is 1. The van der Waals surface area contributed by atoms with Gasteiger partial charge >= 0.3 is 7.12 Å². The second-order valence-corrected chi connectivity index (χ2v) is 11.3. The zero-order valence-electron chi connectivity index (χ0n) is 20.9. The maximum atomic E-state index is 13.0. The molecule has 0 bridgehead atoms. The minimum atomic E-state index is -2.55. The molecule has 1 amide bonds. The molecular formula is C23H29BN3O6S2-. The molecule has 1 saturated heterocycles. The fourth-order valence-electron chi connectivity index (χ4n) is 3.98. The van der Waals surface area contributed by atoms with Crippen molar-refractivity contribution in [1.29, 1.82) is 0 Å². The molecule has 1 aliphatic rings. The molecule has 3 aromatic rings. The molecule has 188 valence electrons. The number of anilines is 1. The van der Waals surface area contributed by atoms with Crippen molar-refractivity contribution in [3.63, 3.8) is 0 Å². The number of aryl methyl sites for hydroxylation is 1. The Labute approximate surface area is 211 Å². The number of amides is 1. The van der Waals surface area contributed by atoms with Crippen LogP contribution < -0.4 is 15.1 Å². The van der Waals surface area contributed by atoms with E-state index in [0.29, 0.717) is 33.4 Å². The van der Waals surface area contributed by atoms with Crippen molar-refractivity contribution in [2.45, 2.75) is 59.2 Å². The zero-order valence-corrected chi connectivity index (χ0v) is 22.5. The van der Waals surface area contributed by atoms with Gasteiger partial charge in [-0.05, 0) is 47.1 Å². The normalized spacial score (nSPS) is 17.7. The molecule has 3 heterocycles. The Bertz CT molecular complexity index is 1290. The number of carbonyl (C=O) groups is 1. The number of thiazole rings is 1. The number of benzene rings is 1. The lowest BCUT2D eigenvalue weighted by Gasteiger charge is -2.32. The third-order valence-corrected chi connectivity index (χ3v) is 8.57. The molecule has 9 nitrogen and oxygen atoms in total. The largest absolute Gasteiger partial charge is 0.755 e. The molecule has 4 rings (SSSR count). The number of furan rings is 1. The quantitative estimate of drug-likeness (QED) is 0.376. The van der Waals surface area contributed by atoms with Gasteiger partial charge in [-0.25, -0.2) is 4.98 Å². The van der Waals surface area contributed by atoms with Crippen LogP contribution in [0.3, 0.4) is 0 Å². The number of nitrogens with one attached hydrogen (secondary N) is 1. The summed E-state index contributed by atoms with van der Waals surface area (Å²) in [4.78, 5) is 18.1. The van der Waals surface area contributed by atoms with Crippen LogP contribution in [0.4, 0.5) is 5.69 Å². The van der Waals surface area contributed by atoms with Crippen molar-refractivity contribution in [2.24, 2.45) is 0 Å². The lowest BCUT2D eigenvalue weighted by molar-refractivity contribution is 0.00578. The van der Waals surface area contributed by atoms with Crippen LogP contribution in [0.5, 0.6) is 0 Å². The van der Waals surface area contributed by atoms with Crippen molar-refractivity contribution in [3.8, 4) is 10.6 Å². The van der Waals surface area contributed by atoms with Gasteiger partial charge in [0.25, 0.3) is 5.91 Å². The molecular weight excluding hydrogens is 489 g/mol. The first kappa shape index (κ1) is 25.8. The average Bonchev–Trinajstić information content (AvgIpc) is 3.46. The van der Waals surface area contributed by atoms with E-state index in [1.165, 1.54) is 15.6 Å². The Morgan fingerprint density at radius 2 is 1.89 bits per heavy atom. The first-order chi connectivity index (χ1) is 16.4. The van der Waals surface area contributed by atoms with E-state index in [0.717, 1.165) is 16.3 Å². The van der Waals surface area contributed by atoms with E-state index >= 15 is 0 Å². The van der Waals surface area contributed by atoms with Crippen LogP contribution in [0.25, 0.3) is 21.6 Å². The molecule has 0 radical (unpaired) electrons. The van der Waals surface area contributed by atoms with Crippen LogP contribution in [0.2, 0.25) is 0 Å². The summed E-state index contributed by atoms with van der Waals surface area (Å²) < 4.78 is 44.1. The molecule has 0 saturated carbocycles. The molecule has 1 N–H and O–H groups in total. The predicted molar refractivity (Wildman–Crippen MR) is 138 cm³/mol. The minimum Gasteiger partial charge on any atom is -0.755 e. The van der Waals surface area contributed by atoms with Crippen molar-refractivity contribution in [3.05, 3.63) is 28.9 Å². The van der Waals surface area contributed by atoms with E-state index in [9.17, 15) is 13.6 Å². The Hall–Kier alpha value is -2.25. The third-order valence-electron chi connectivity index (χ3n) is 6.61. The second kappa shape index (κ2) is 9.32. The number of hydrogen-bond acceptors (Lipinski definition) is 8. The van der Waals surface area contributed by atoms with Crippen molar-refractivity contribution < 1.29 is 27.3 Å². The number of hydrogen-bond donors (Lipinski definition) is 1. The zero-order chi connectivity index (χ0) is 25.7. The summed E-state index contributed by atoms with van der Waals surface area (Å²) in [6.07, 6.45) is 2.45. The number of aromatic nitrogens is 1. The van der Waals surface area contributed by atoms with E-state index in [4.69, 9.17) is 13.7 Å². The summed E-state index contributed by atoms with van der Waals surface area (Å²) in [6.45, 7) is 11.6. The Kier molecular flexibility index (Phi) is 6.88. The van der Waals surface area contributed by atoms with Gasteiger partial charge < -0.3 is 27.9 Å². The SMILES string of the molecule is CCc1ncc(-c2oc3cc(N(CC)S(=O)[O-])c(B4OC(C)(C)C(C)(C)O4)cc3c2C(=O)NC)s1. The van der Waals surface area contributed by atoms with Gasteiger partial charge in [0.1, 0.15) is 5.58 Å². The van der Waals surface area contributed by atoms with Crippen LogP contribution in [-0.4, -0.2) is 51.6 Å². The molecule has 12 heteroatoms. The van der Waals surface area contributed by atoms with Gasteiger partial charge in [0.15, 0.2) is 5.76 Å². The summed E-state index contributed by atoms with van der Waals surface area (Å²) in [7, 11) is 0.709. The Morgan fingerprint density at radius 1 is 1.23 bits per heavy atom. The first-order valence-electron chi connectivity index (χ1n) is 11.4. The fourth-order valence-corrected chi connectivity index (χ4v) is 5.36. The molecule has 0 spiro atoms. The highest BCUT2D eigenvalue weighted by molar-refractivity contribution is 7.80. The predicted octanol–water partition coefficient (Wildman–Crippen LogP) is 3.40. The number of rotatable bonds is 7. The van der Waals surface area contributed by atoms with Gasteiger partial charge in [-0.2, -0.15) is 0 Å². The summed E-state index contributed by atoms with van der Waals surface area (Å²) in [5.74, 6) is 0.0671. The topological polar surface area (TPSA) is 117 Å². The molecule has 2 aromatic heterocycles. The van der Waals surface area contributed by atoms with Crippen LogP contribution in [0.15, 0.2) is 22.7 Å². The van der Waals surface area contributed by atoms with E-state index in [1.807, 2.05) is 34.6 Å². The minimum absolute atomic E-state index is 0.193. The van der Waals surface area contributed by atoms with Gasteiger partial charge in [0.05, 0.1) is 32.3 Å². The third kappa shape index (κ3) is 4.42. The highest BCUT2D eigenvalue weighted by atomic mass is 32.2. The smallest absolute Gasteiger partial charge is 0.497 e. The van der Waals surface area contributed by atoms with Crippen molar-refractivity contribution in [2.75, 3.05) is 17.9 Å². The number of fused-ring (bicyclic) bond motifs is 1. The van der Waals surface area contributed by atoms with E-state index in [1.54, 1.807) is 32.3 Å². The van der Waals surface area contributed by atoms with Gasteiger partial charge in [-0.3, -0.25) is 9.00 Å². The highest BCUT2D eigenvalue weighted by Crippen LogP contribution is 2.40. The lowest BCUT2D eigenvalue weighted by Crippen LogP contribution is -2.41. The van der Waals surface area contributed by atoms with E-state index < -0.39 is 29.6 Å². The summed E-state index contributed by atoms with van der Waals surface area (Å²) >= 11 is -1.10. The molecule has 35 heavy (non-hydrogen) atoms. The summed E-state index contributed by atoms with van der Waals surface area (Å²) in [5, 5.41) is 4.14. The van der Waals surface area contributed by atoms with E-state index in [2.05, 4.69) is 10.3 Å². The molecule has 0 aliphatic carbocycles. The monoisotopic (exact) mass is 518 g/mol. The second-order valence-electron chi connectivity index (χ2n) is 9.26. The standard InChI is InChI=1S/C23H30BN3O6S2/c1-8-18-26-12-17(34-18)20-19(21(28)25-7)13-10-14(24-32-22(3,4)23(5,6)33-24)15(11-16(13)31-20)27(9-2)35(29)30/h10-12H,8-9H2,1-7H3,(H,25,28)(H,29,30)/p-1. The average molecular weight is 518 g/mol. The fraction of sp³-hybridized carbons (Fsp3) is 0.478. The summed E-state index contributed by atoms with van der Waals surface area (Å²) in [5.41, 5.74) is 0.324. The highest BCUT2D eigenvalue weighted by Gasteiger charge is 2.52. The molecule has 1 atom stereocenters. The lowest BCUT2D eigenvalue weighted by atomic mass is 9.77. The van der Waals surface area contributed by atoms with Gasteiger partial charge in [-0.15, -0.1) is 11.3 Å². The maximum Gasteiger partial charge on any atom is 0.497 e.